The van der Waals surface area contributed by atoms with Crippen LogP contribution in [0.3, 0.4) is 0 Å². The predicted molar refractivity (Wildman–Crippen MR) is 51.3 cm³/mol. The van der Waals surface area contributed by atoms with E-state index >= 15 is 0 Å². The molecule has 1 aromatic carbocycles. The minimum atomic E-state index is -0.517. The molecule has 0 aliphatic rings. The molecule has 4 heteroatoms. The Labute approximate surface area is 81.4 Å². The Kier molecular flexibility index (Phi) is 2.78. The summed E-state index contributed by atoms with van der Waals surface area (Å²) in [6.07, 6.45) is 0. The fourth-order valence-corrected chi connectivity index (χ4v) is 1.18. The average molecular weight is 200 g/mol. The highest BCUT2D eigenvalue weighted by Gasteiger charge is 2.10. The molecule has 0 fully saturated rings. The Morgan fingerprint density at radius 2 is 2.15 bits per heavy atom. The standard InChI is InChI=1S/C9H10ClNO2/c1-5-3-6(9(11)12)8(13-2)4-7(5)10/h3-4H,1-2H3,(H2,11,12). The van der Waals surface area contributed by atoms with E-state index in [9.17, 15) is 4.79 Å². The van der Waals surface area contributed by atoms with Crippen molar-refractivity contribution >= 4 is 17.5 Å². The average Bonchev–Trinajstić information content (AvgIpc) is 2.08. The highest BCUT2D eigenvalue weighted by atomic mass is 35.5. The lowest BCUT2D eigenvalue weighted by atomic mass is 10.1. The summed E-state index contributed by atoms with van der Waals surface area (Å²) in [6.45, 7) is 1.80. The van der Waals surface area contributed by atoms with Crippen molar-refractivity contribution in [3.05, 3.63) is 28.3 Å². The van der Waals surface area contributed by atoms with Gasteiger partial charge in [-0.1, -0.05) is 11.6 Å². The number of hydrogen-bond acceptors (Lipinski definition) is 2. The third-order valence-corrected chi connectivity index (χ3v) is 2.15. The first kappa shape index (κ1) is 9.86. The van der Waals surface area contributed by atoms with Crippen LogP contribution >= 0.6 is 11.6 Å². The largest absolute Gasteiger partial charge is 0.496 e. The van der Waals surface area contributed by atoms with Crippen molar-refractivity contribution in [1.82, 2.24) is 0 Å². The summed E-state index contributed by atoms with van der Waals surface area (Å²) >= 11 is 5.84. The van der Waals surface area contributed by atoms with Gasteiger partial charge in [-0.2, -0.15) is 0 Å². The van der Waals surface area contributed by atoms with Gasteiger partial charge in [-0.05, 0) is 24.6 Å². The van der Waals surface area contributed by atoms with Gasteiger partial charge >= 0.3 is 0 Å². The summed E-state index contributed by atoms with van der Waals surface area (Å²) in [6, 6.07) is 3.19. The number of carbonyl (C=O) groups excluding carboxylic acids is 1. The molecule has 0 bridgehead atoms. The van der Waals surface area contributed by atoms with Gasteiger partial charge in [0.05, 0.1) is 12.7 Å². The molecule has 0 spiro atoms. The molecule has 1 amide bonds. The van der Waals surface area contributed by atoms with Crippen LogP contribution in [0.15, 0.2) is 12.1 Å². The van der Waals surface area contributed by atoms with Gasteiger partial charge in [0, 0.05) is 5.02 Å². The van der Waals surface area contributed by atoms with Crippen molar-refractivity contribution < 1.29 is 9.53 Å². The van der Waals surface area contributed by atoms with E-state index in [2.05, 4.69) is 0 Å². The molecule has 0 atom stereocenters. The number of hydrogen-bond donors (Lipinski definition) is 1. The molecule has 0 aromatic heterocycles. The molecular formula is C9H10ClNO2. The minimum Gasteiger partial charge on any atom is -0.496 e. The monoisotopic (exact) mass is 199 g/mol. The summed E-state index contributed by atoms with van der Waals surface area (Å²) < 4.78 is 4.96. The molecule has 0 radical (unpaired) electrons. The summed E-state index contributed by atoms with van der Waals surface area (Å²) in [5.41, 5.74) is 6.30. The topological polar surface area (TPSA) is 52.3 Å². The molecule has 2 N–H and O–H groups in total. The van der Waals surface area contributed by atoms with E-state index in [1.54, 1.807) is 19.1 Å². The number of benzene rings is 1. The van der Waals surface area contributed by atoms with Crippen molar-refractivity contribution in [2.24, 2.45) is 5.73 Å². The fourth-order valence-electron chi connectivity index (χ4n) is 1.02. The molecule has 0 aliphatic carbocycles. The summed E-state index contributed by atoms with van der Waals surface area (Å²) in [5.74, 6) is -0.111. The van der Waals surface area contributed by atoms with Gasteiger partial charge < -0.3 is 10.5 Å². The number of rotatable bonds is 2. The van der Waals surface area contributed by atoms with Crippen molar-refractivity contribution in [1.29, 1.82) is 0 Å². The number of nitrogens with two attached hydrogens (primary N) is 1. The number of ether oxygens (including phenoxy) is 1. The van der Waals surface area contributed by atoms with Crippen LogP contribution in [0.1, 0.15) is 15.9 Å². The first-order valence-electron chi connectivity index (χ1n) is 3.70. The second kappa shape index (κ2) is 3.66. The second-order valence-electron chi connectivity index (χ2n) is 2.67. The number of amides is 1. The van der Waals surface area contributed by atoms with Gasteiger partial charge in [-0.3, -0.25) is 4.79 Å². The van der Waals surface area contributed by atoms with Gasteiger partial charge in [0.2, 0.25) is 0 Å². The van der Waals surface area contributed by atoms with Crippen LogP contribution in [0, 0.1) is 6.92 Å². The Morgan fingerprint density at radius 3 is 2.62 bits per heavy atom. The maximum Gasteiger partial charge on any atom is 0.252 e. The molecule has 0 saturated carbocycles. The van der Waals surface area contributed by atoms with E-state index in [1.165, 1.54) is 7.11 Å². The maximum atomic E-state index is 10.9. The van der Waals surface area contributed by atoms with Crippen LogP contribution in [0.25, 0.3) is 0 Å². The summed E-state index contributed by atoms with van der Waals surface area (Å²) in [5, 5.41) is 0.557. The zero-order chi connectivity index (χ0) is 10.0. The van der Waals surface area contributed by atoms with Crippen molar-refractivity contribution in [3.8, 4) is 5.75 Å². The molecule has 13 heavy (non-hydrogen) atoms. The smallest absolute Gasteiger partial charge is 0.252 e. The Balaban J connectivity index is 3.33. The first-order valence-corrected chi connectivity index (χ1v) is 4.08. The zero-order valence-corrected chi connectivity index (χ0v) is 8.18. The number of halogens is 1. The third-order valence-electron chi connectivity index (χ3n) is 1.75. The van der Waals surface area contributed by atoms with Gasteiger partial charge in [0.1, 0.15) is 5.75 Å². The van der Waals surface area contributed by atoms with Crippen LogP contribution in [0.4, 0.5) is 0 Å². The van der Waals surface area contributed by atoms with E-state index in [0.717, 1.165) is 5.56 Å². The molecular weight excluding hydrogens is 190 g/mol. The number of methoxy groups -OCH3 is 1. The Hall–Kier alpha value is -1.22. The molecule has 1 aromatic rings. The van der Waals surface area contributed by atoms with E-state index in [-0.39, 0.29) is 0 Å². The molecule has 0 heterocycles. The van der Waals surface area contributed by atoms with E-state index in [1.807, 2.05) is 0 Å². The zero-order valence-electron chi connectivity index (χ0n) is 7.43. The highest BCUT2D eigenvalue weighted by molar-refractivity contribution is 6.31. The molecule has 70 valence electrons. The Morgan fingerprint density at radius 1 is 1.54 bits per heavy atom. The van der Waals surface area contributed by atoms with Gasteiger partial charge in [0.25, 0.3) is 5.91 Å². The van der Waals surface area contributed by atoms with E-state index < -0.39 is 5.91 Å². The lowest BCUT2D eigenvalue weighted by Crippen LogP contribution is -2.12. The van der Waals surface area contributed by atoms with Gasteiger partial charge in [-0.15, -0.1) is 0 Å². The van der Waals surface area contributed by atoms with Crippen molar-refractivity contribution in [3.63, 3.8) is 0 Å². The lowest BCUT2D eigenvalue weighted by Gasteiger charge is -2.07. The van der Waals surface area contributed by atoms with Crippen LogP contribution in [0.5, 0.6) is 5.75 Å². The van der Waals surface area contributed by atoms with Crippen molar-refractivity contribution in [2.45, 2.75) is 6.92 Å². The summed E-state index contributed by atoms with van der Waals surface area (Å²) in [7, 11) is 1.47. The minimum absolute atomic E-state index is 0.351. The van der Waals surface area contributed by atoms with Crippen LogP contribution in [0.2, 0.25) is 5.02 Å². The molecule has 1 rings (SSSR count). The lowest BCUT2D eigenvalue weighted by molar-refractivity contribution is 0.0997. The number of carbonyl (C=O) groups is 1. The first-order chi connectivity index (χ1) is 6.06. The number of primary amides is 1. The molecule has 3 nitrogen and oxygen atoms in total. The van der Waals surface area contributed by atoms with Crippen molar-refractivity contribution in [2.75, 3.05) is 7.11 Å². The molecule has 0 unspecified atom stereocenters. The Bertz CT molecular complexity index is 350. The predicted octanol–water partition coefficient (Wildman–Crippen LogP) is 1.76. The number of aryl methyl sites for hydroxylation is 1. The summed E-state index contributed by atoms with van der Waals surface area (Å²) in [4.78, 5) is 10.9. The van der Waals surface area contributed by atoms with Crippen LogP contribution < -0.4 is 10.5 Å². The second-order valence-corrected chi connectivity index (χ2v) is 3.07. The fraction of sp³-hybridized carbons (Fsp3) is 0.222. The third kappa shape index (κ3) is 1.92. The van der Waals surface area contributed by atoms with Crippen LogP contribution in [-0.2, 0) is 0 Å². The van der Waals surface area contributed by atoms with Gasteiger partial charge in [0.15, 0.2) is 0 Å². The van der Waals surface area contributed by atoms with E-state index in [4.69, 9.17) is 22.1 Å². The quantitative estimate of drug-likeness (QED) is 0.789. The van der Waals surface area contributed by atoms with Gasteiger partial charge in [-0.25, -0.2) is 0 Å². The maximum absolute atomic E-state index is 10.9. The molecule has 0 saturated heterocycles. The van der Waals surface area contributed by atoms with Crippen LogP contribution in [-0.4, -0.2) is 13.0 Å². The highest BCUT2D eigenvalue weighted by Crippen LogP contribution is 2.26. The molecule has 0 aliphatic heterocycles. The normalized spacial score (nSPS) is 9.77. The SMILES string of the molecule is COc1cc(Cl)c(C)cc1C(N)=O. The van der Waals surface area contributed by atoms with E-state index in [0.29, 0.717) is 16.3 Å².